The van der Waals surface area contributed by atoms with Gasteiger partial charge in [0, 0.05) is 17.6 Å². The Hall–Kier alpha value is -1.43. The number of nitrogens with zero attached hydrogens (tertiary/aromatic N) is 1. The summed E-state index contributed by atoms with van der Waals surface area (Å²) in [6.45, 7) is 1.87. The SMILES string of the molecule is O=C(Oc1ccc(Br)cc1C(=S)N1CCCCC1)c1ccccc1Cl. The van der Waals surface area contributed by atoms with Gasteiger partial charge in [0.1, 0.15) is 10.7 Å². The fraction of sp³-hybridized carbons (Fsp3) is 0.263. The molecule has 25 heavy (non-hydrogen) atoms. The van der Waals surface area contributed by atoms with Gasteiger partial charge >= 0.3 is 5.97 Å². The standard InChI is InChI=1S/C19H17BrClNO2S/c20-13-8-9-17(24-19(23)14-6-2-3-7-16(14)21)15(12-13)18(25)22-10-4-1-5-11-22/h2-3,6-9,12H,1,4-5,10-11H2. The highest BCUT2D eigenvalue weighted by Gasteiger charge is 2.21. The van der Waals surface area contributed by atoms with Crippen LogP contribution in [-0.4, -0.2) is 28.9 Å². The van der Waals surface area contributed by atoms with Gasteiger partial charge in [-0.2, -0.15) is 0 Å². The molecule has 6 heteroatoms. The number of benzene rings is 2. The molecule has 0 radical (unpaired) electrons. The number of likely N-dealkylation sites (tertiary alicyclic amines) is 1. The normalized spacial score (nSPS) is 14.2. The average molecular weight is 439 g/mol. The highest BCUT2D eigenvalue weighted by atomic mass is 79.9. The molecule has 0 aromatic heterocycles. The lowest BCUT2D eigenvalue weighted by molar-refractivity contribution is 0.0734. The van der Waals surface area contributed by atoms with E-state index in [1.807, 2.05) is 12.1 Å². The fourth-order valence-electron chi connectivity index (χ4n) is 2.81. The van der Waals surface area contributed by atoms with E-state index in [1.54, 1.807) is 30.3 Å². The van der Waals surface area contributed by atoms with Crippen molar-refractivity contribution in [2.45, 2.75) is 19.3 Å². The van der Waals surface area contributed by atoms with Crippen LogP contribution in [0.5, 0.6) is 5.75 Å². The van der Waals surface area contributed by atoms with Crippen LogP contribution in [0, 0.1) is 0 Å². The van der Waals surface area contributed by atoms with E-state index in [4.69, 9.17) is 28.6 Å². The van der Waals surface area contributed by atoms with Crippen LogP contribution in [0.25, 0.3) is 0 Å². The van der Waals surface area contributed by atoms with E-state index in [0.717, 1.165) is 36.0 Å². The molecule has 2 aromatic rings. The van der Waals surface area contributed by atoms with E-state index < -0.39 is 5.97 Å². The third-order valence-electron chi connectivity index (χ3n) is 4.11. The second kappa shape index (κ2) is 8.30. The molecule has 0 saturated carbocycles. The van der Waals surface area contributed by atoms with Gasteiger partial charge in [0.15, 0.2) is 0 Å². The first kappa shape index (κ1) is 18.4. The molecule has 0 N–H and O–H groups in total. The molecular weight excluding hydrogens is 422 g/mol. The van der Waals surface area contributed by atoms with Crippen LogP contribution in [0.15, 0.2) is 46.9 Å². The molecule has 0 unspecified atom stereocenters. The van der Waals surface area contributed by atoms with Crippen LogP contribution in [0.4, 0.5) is 0 Å². The van der Waals surface area contributed by atoms with Crippen molar-refractivity contribution in [2.75, 3.05) is 13.1 Å². The molecular formula is C19H17BrClNO2S. The third kappa shape index (κ3) is 4.40. The average Bonchev–Trinajstić information content (AvgIpc) is 2.63. The Kier molecular flexibility index (Phi) is 6.10. The van der Waals surface area contributed by atoms with E-state index in [2.05, 4.69) is 20.8 Å². The molecule has 1 saturated heterocycles. The largest absolute Gasteiger partial charge is 0.422 e. The van der Waals surface area contributed by atoms with Crippen molar-refractivity contribution in [3.63, 3.8) is 0 Å². The lowest BCUT2D eigenvalue weighted by Crippen LogP contribution is -2.35. The molecule has 0 spiro atoms. The highest BCUT2D eigenvalue weighted by Crippen LogP contribution is 2.28. The summed E-state index contributed by atoms with van der Waals surface area (Å²) >= 11 is 15.2. The minimum absolute atomic E-state index is 0.335. The summed E-state index contributed by atoms with van der Waals surface area (Å²) in [6.07, 6.45) is 3.48. The van der Waals surface area contributed by atoms with Crippen molar-refractivity contribution in [3.8, 4) is 5.75 Å². The minimum Gasteiger partial charge on any atom is -0.422 e. The smallest absolute Gasteiger partial charge is 0.345 e. The number of esters is 1. The number of ether oxygens (including phenoxy) is 1. The van der Waals surface area contributed by atoms with E-state index in [9.17, 15) is 4.79 Å². The van der Waals surface area contributed by atoms with Gasteiger partial charge in [-0.1, -0.05) is 51.9 Å². The maximum absolute atomic E-state index is 12.5. The van der Waals surface area contributed by atoms with Crippen molar-refractivity contribution in [2.24, 2.45) is 0 Å². The molecule has 0 bridgehead atoms. The molecule has 1 aliphatic heterocycles. The lowest BCUT2D eigenvalue weighted by Gasteiger charge is -2.29. The first-order valence-corrected chi connectivity index (χ1v) is 9.70. The number of carbonyl (C=O) groups excluding carboxylic acids is 1. The Bertz CT molecular complexity index is 806. The fourth-order valence-corrected chi connectivity index (χ4v) is 3.72. The summed E-state index contributed by atoms with van der Waals surface area (Å²) in [5.74, 6) is -0.0423. The summed E-state index contributed by atoms with van der Waals surface area (Å²) in [4.78, 5) is 15.4. The van der Waals surface area contributed by atoms with Crippen molar-refractivity contribution in [1.29, 1.82) is 0 Å². The molecule has 1 aliphatic rings. The summed E-state index contributed by atoms with van der Waals surface area (Å²) in [5, 5.41) is 0.366. The van der Waals surface area contributed by atoms with Gasteiger partial charge in [0.25, 0.3) is 0 Å². The van der Waals surface area contributed by atoms with Crippen LogP contribution in [0.1, 0.15) is 35.2 Å². The molecule has 3 rings (SSSR count). The van der Waals surface area contributed by atoms with Crippen molar-refractivity contribution < 1.29 is 9.53 Å². The number of piperidine rings is 1. The zero-order valence-corrected chi connectivity index (χ0v) is 16.7. The summed E-state index contributed by atoms with van der Waals surface area (Å²) in [7, 11) is 0. The number of halogens is 2. The van der Waals surface area contributed by atoms with Crippen molar-refractivity contribution in [1.82, 2.24) is 4.90 Å². The monoisotopic (exact) mass is 437 g/mol. The number of hydrogen-bond acceptors (Lipinski definition) is 3. The van der Waals surface area contributed by atoms with Gasteiger partial charge in [-0.25, -0.2) is 4.79 Å². The number of hydrogen-bond donors (Lipinski definition) is 0. The second-order valence-corrected chi connectivity index (χ2v) is 7.57. The van der Waals surface area contributed by atoms with Crippen LogP contribution >= 0.6 is 39.7 Å². The minimum atomic E-state index is -0.490. The van der Waals surface area contributed by atoms with Gasteiger partial charge in [0.05, 0.1) is 16.1 Å². The van der Waals surface area contributed by atoms with Crippen LogP contribution in [0.2, 0.25) is 5.02 Å². The van der Waals surface area contributed by atoms with Crippen LogP contribution < -0.4 is 4.74 Å². The maximum Gasteiger partial charge on any atom is 0.345 e. The van der Waals surface area contributed by atoms with Crippen LogP contribution in [-0.2, 0) is 0 Å². The Labute approximate surface area is 166 Å². The maximum atomic E-state index is 12.5. The first-order valence-electron chi connectivity index (χ1n) is 8.12. The predicted octanol–water partition coefficient (Wildman–Crippen LogP) is 5.48. The number of thiocarbonyl (C=S) groups is 1. The van der Waals surface area contributed by atoms with Gasteiger partial charge in [0.2, 0.25) is 0 Å². The van der Waals surface area contributed by atoms with Gasteiger partial charge in [-0.05, 0) is 49.6 Å². The van der Waals surface area contributed by atoms with Crippen molar-refractivity contribution >= 4 is 50.7 Å². The Morgan fingerprint density at radius 3 is 2.52 bits per heavy atom. The number of rotatable bonds is 3. The Morgan fingerprint density at radius 2 is 1.80 bits per heavy atom. The Balaban J connectivity index is 1.87. The van der Waals surface area contributed by atoms with E-state index in [0.29, 0.717) is 21.3 Å². The second-order valence-electron chi connectivity index (χ2n) is 5.86. The summed E-state index contributed by atoms with van der Waals surface area (Å²) < 4.78 is 6.51. The molecule has 0 aliphatic carbocycles. The summed E-state index contributed by atoms with van der Waals surface area (Å²) in [6, 6.07) is 12.3. The first-order chi connectivity index (χ1) is 12.1. The van der Waals surface area contributed by atoms with Crippen molar-refractivity contribution in [3.05, 3.63) is 63.1 Å². The quantitative estimate of drug-likeness (QED) is 0.360. The molecule has 1 fully saturated rings. The molecule has 0 amide bonds. The molecule has 3 nitrogen and oxygen atoms in total. The molecule has 0 atom stereocenters. The van der Waals surface area contributed by atoms with Gasteiger partial charge in [-0.15, -0.1) is 0 Å². The zero-order chi connectivity index (χ0) is 17.8. The topological polar surface area (TPSA) is 29.5 Å². The van der Waals surface area contributed by atoms with E-state index >= 15 is 0 Å². The van der Waals surface area contributed by atoms with Gasteiger partial charge in [-0.3, -0.25) is 0 Å². The summed E-state index contributed by atoms with van der Waals surface area (Å²) in [5.41, 5.74) is 1.08. The Morgan fingerprint density at radius 1 is 1.08 bits per heavy atom. The molecule has 130 valence electrons. The molecule has 2 aromatic carbocycles. The van der Waals surface area contributed by atoms with Gasteiger partial charge < -0.3 is 9.64 Å². The van der Waals surface area contributed by atoms with E-state index in [-0.39, 0.29) is 0 Å². The molecule has 1 heterocycles. The lowest BCUT2D eigenvalue weighted by atomic mass is 10.1. The third-order valence-corrected chi connectivity index (χ3v) is 5.41. The zero-order valence-electron chi connectivity index (χ0n) is 13.5. The highest BCUT2D eigenvalue weighted by molar-refractivity contribution is 9.10. The van der Waals surface area contributed by atoms with E-state index in [1.165, 1.54) is 6.42 Å². The predicted molar refractivity (Wildman–Crippen MR) is 108 cm³/mol. The number of carbonyl (C=O) groups is 1. The van der Waals surface area contributed by atoms with Crippen LogP contribution in [0.3, 0.4) is 0 Å².